The van der Waals surface area contributed by atoms with Gasteiger partial charge in [-0.05, 0) is 57.8 Å². The molecule has 0 saturated carbocycles. The largest absolute Gasteiger partial charge is 0.457 e. The lowest BCUT2D eigenvalue weighted by Crippen LogP contribution is -2.61. The number of allylic oxidation sites excluding steroid dienone is 4. The number of carbonyl (C=O) groups is 1. The standard InChI is InChI=1S/C52H96O14/c1-3-5-7-9-11-13-15-16-17-18-19-20-21-22-23-24-25-26-28-30-32-34-36-61-38-41(64-44(54)35-33-31-29-27-14-12-10-8-6-4-2)39-62-51-50(60)48(58)46(56)43(66-51)40-63-52-49(59)47(57)45(55)42(37-53)65-52/h8,10,18-19,41-43,45-53,55-60H,3-7,9,11-17,20-40H2,1-2H3/b10-8-,19-18-. The summed E-state index contributed by atoms with van der Waals surface area (Å²) in [4.78, 5) is 12.9. The van der Waals surface area contributed by atoms with Gasteiger partial charge in [0, 0.05) is 13.0 Å². The van der Waals surface area contributed by atoms with Gasteiger partial charge in [-0.2, -0.15) is 0 Å². The van der Waals surface area contributed by atoms with Gasteiger partial charge in [-0.3, -0.25) is 4.79 Å². The van der Waals surface area contributed by atoms with Gasteiger partial charge in [0.25, 0.3) is 0 Å². The molecule has 14 heteroatoms. The normalized spacial score (nSPS) is 26.4. The summed E-state index contributed by atoms with van der Waals surface area (Å²) in [5.74, 6) is -0.387. The highest BCUT2D eigenvalue weighted by atomic mass is 16.7. The third kappa shape index (κ3) is 27.6. The van der Waals surface area contributed by atoms with Gasteiger partial charge in [-0.15, -0.1) is 0 Å². The van der Waals surface area contributed by atoms with E-state index in [0.717, 1.165) is 64.2 Å². The summed E-state index contributed by atoms with van der Waals surface area (Å²) in [5.41, 5.74) is 0. The lowest BCUT2D eigenvalue weighted by molar-refractivity contribution is -0.332. The smallest absolute Gasteiger partial charge is 0.306 e. The van der Waals surface area contributed by atoms with Crippen LogP contribution in [-0.4, -0.2) is 142 Å². The molecule has 2 saturated heterocycles. The predicted molar refractivity (Wildman–Crippen MR) is 257 cm³/mol. The maximum Gasteiger partial charge on any atom is 0.306 e. The molecule has 0 amide bonds. The average Bonchev–Trinajstić information content (AvgIpc) is 3.31. The van der Waals surface area contributed by atoms with Crippen molar-refractivity contribution < 1.29 is 69.0 Å². The van der Waals surface area contributed by atoms with E-state index in [1.165, 1.54) is 109 Å². The van der Waals surface area contributed by atoms with E-state index in [1.807, 2.05) is 0 Å². The van der Waals surface area contributed by atoms with Gasteiger partial charge in [-0.1, -0.05) is 160 Å². The monoisotopic (exact) mass is 945 g/mol. The Morgan fingerprint density at radius 2 is 0.924 bits per heavy atom. The summed E-state index contributed by atoms with van der Waals surface area (Å²) in [6.45, 7) is 3.62. The first kappa shape index (κ1) is 60.6. The molecule has 0 aromatic carbocycles. The lowest BCUT2D eigenvalue weighted by Gasteiger charge is -2.42. The highest BCUT2D eigenvalue weighted by Gasteiger charge is 2.47. The molecule has 0 aromatic rings. The molecule has 2 heterocycles. The van der Waals surface area contributed by atoms with E-state index in [9.17, 15) is 40.5 Å². The van der Waals surface area contributed by atoms with Gasteiger partial charge < -0.3 is 64.2 Å². The predicted octanol–water partition coefficient (Wildman–Crippen LogP) is 8.02. The maximum absolute atomic E-state index is 12.9. The van der Waals surface area contributed by atoms with Gasteiger partial charge in [0.2, 0.25) is 0 Å². The zero-order valence-corrected chi connectivity index (χ0v) is 41.2. The molecule has 0 bridgehead atoms. The number of aliphatic hydroxyl groups excluding tert-OH is 7. The second kappa shape index (κ2) is 40.2. The number of hydrogen-bond acceptors (Lipinski definition) is 14. The van der Waals surface area contributed by atoms with Crippen molar-refractivity contribution in [2.75, 3.05) is 33.0 Å². The highest BCUT2D eigenvalue weighted by molar-refractivity contribution is 5.69. The first-order valence-electron chi connectivity index (χ1n) is 26.4. The zero-order chi connectivity index (χ0) is 48.0. The van der Waals surface area contributed by atoms with E-state index in [2.05, 4.69) is 38.2 Å². The van der Waals surface area contributed by atoms with E-state index in [1.54, 1.807) is 0 Å². The Hall–Kier alpha value is -1.53. The molecule has 2 aliphatic heterocycles. The van der Waals surface area contributed by atoms with Gasteiger partial charge in [-0.25, -0.2) is 0 Å². The van der Waals surface area contributed by atoms with E-state index in [0.29, 0.717) is 13.0 Å². The summed E-state index contributed by atoms with van der Waals surface area (Å²) in [5, 5.41) is 72.0. The third-order valence-electron chi connectivity index (χ3n) is 12.7. The Morgan fingerprint density at radius 1 is 0.485 bits per heavy atom. The third-order valence-corrected chi connectivity index (χ3v) is 12.7. The van der Waals surface area contributed by atoms with E-state index < -0.39 is 80.7 Å². The molecule has 0 spiro atoms. The summed E-state index contributed by atoms with van der Waals surface area (Å²) in [6, 6.07) is 0. The Labute approximate surface area is 398 Å². The van der Waals surface area contributed by atoms with Crippen LogP contribution in [0, 0.1) is 0 Å². The van der Waals surface area contributed by atoms with Crippen molar-refractivity contribution in [1.82, 2.24) is 0 Å². The van der Waals surface area contributed by atoms with Crippen LogP contribution in [0.2, 0.25) is 0 Å². The minimum atomic E-state index is -1.71. The quantitative estimate of drug-likeness (QED) is 0.0175. The Kier molecular flexibility index (Phi) is 36.9. The molecule has 2 rings (SSSR count). The molecule has 0 aliphatic carbocycles. The number of ether oxygens (including phenoxy) is 6. The van der Waals surface area contributed by atoms with Crippen molar-refractivity contribution >= 4 is 5.97 Å². The number of aliphatic hydroxyl groups is 7. The van der Waals surface area contributed by atoms with Crippen LogP contribution < -0.4 is 0 Å². The summed E-state index contributed by atoms with van der Waals surface area (Å²) >= 11 is 0. The Morgan fingerprint density at radius 3 is 1.44 bits per heavy atom. The van der Waals surface area contributed by atoms with Crippen LogP contribution in [0.25, 0.3) is 0 Å². The first-order chi connectivity index (χ1) is 32.1. The van der Waals surface area contributed by atoms with Crippen LogP contribution in [0.4, 0.5) is 0 Å². The molecule has 0 radical (unpaired) electrons. The Balaban J connectivity index is 1.70. The van der Waals surface area contributed by atoms with E-state index >= 15 is 0 Å². The molecule has 66 heavy (non-hydrogen) atoms. The number of unbranched alkanes of at least 4 members (excludes halogenated alkanes) is 24. The summed E-state index contributed by atoms with van der Waals surface area (Å²) < 4.78 is 34.2. The molecule has 2 aliphatic rings. The molecule has 388 valence electrons. The summed E-state index contributed by atoms with van der Waals surface area (Å²) in [6.07, 6.45) is 26.9. The van der Waals surface area contributed by atoms with E-state index in [-0.39, 0.29) is 25.6 Å². The van der Waals surface area contributed by atoms with Gasteiger partial charge in [0.15, 0.2) is 12.6 Å². The second-order valence-corrected chi connectivity index (χ2v) is 18.7. The molecule has 11 unspecified atom stereocenters. The fourth-order valence-electron chi connectivity index (χ4n) is 8.34. The van der Waals surface area contributed by atoms with Crippen LogP contribution in [0.15, 0.2) is 24.3 Å². The van der Waals surface area contributed by atoms with Crippen molar-refractivity contribution in [3.8, 4) is 0 Å². The topological polar surface area (TPSA) is 214 Å². The second-order valence-electron chi connectivity index (χ2n) is 18.7. The minimum Gasteiger partial charge on any atom is -0.457 e. The van der Waals surface area contributed by atoms with Crippen molar-refractivity contribution in [3.63, 3.8) is 0 Å². The van der Waals surface area contributed by atoms with Crippen molar-refractivity contribution in [2.45, 2.75) is 268 Å². The van der Waals surface area contributed by atoms with Crippen LogP contribution in [0.5, 0.6) is 0 Å². The van der Waals surface area contributed by atoms with Crippen LogP contribution in [0.1, 0.15) is 200 Å². The number of rotatable bonds is 42. The van der Waals surface area contributed by atoms with Gasteiger partial charge in [0.05, 0.1) is 26.4 Å². The minimum absolute atomic E-state index is 0.0595. The van der Waals surface area contributed by atoms with Crippen LogP contribution in [0.3, 0.4) is 0 Å². The molecule has 14 nitrogen and oxygen atoms in total. The molecular formula is C52H96O14. The maximum atomic E-state index is 12.9. The van der Waals surface area contributed by atoms with Crippen LogP contribution >= 0.6 is 0 Å². The van der Waals surface area contributed by atoms with Crippen molar-refractivity contribution in [1.29, 1.82) is 0 Å². The van der Waals surface area contributed by atoms with E-state index in [4.69, 9.17) is 28.4 Å². The fourth-order valence-corrected chi connectivity index (χ4v) is 8.34. The first-order valence-corrected chi connectivity index (χ1v) is 26.4. The number of hydrogen-bond donors (Lipinski definition) is 7. The SMILES string of the molecule is CCC/C=C\CCCCCCCC(=O)OC(COCCCCCCCCCCCC/C=C\CCCCCCCCCC)COC1OC(COC2OC(CO)C(O)C(O)C2O)C(O)C(O)C1O. The molecule has 11 atom stereocenters. The van der Waals surface area contributed by atoms with Crippen molar-refractivity contribution in [3.05, 3.63) is 24.3 Å². The zero-order valence-electron chi connectivity index (χ0n) is 41.2. The molecule has 0 aromatic heterocycles. The fraction of sp³-hybridized carbons (Fsp3) is 0.904. The Bertz CT molecular complexity index is 1190. The van der Waals surface area contributed by atoms with Crippen molar-refractivity contribution in [2.24, 2.45) is 0 Å². The molecular weight excluding hydrogens is 849 g/mol. The lowest BCUT2D eigenvalue weighted by atomic mass is 9.98. The average molecular weight is 945 g/mol. The van der Waals surface area contributed by atoms with Crippen LogP contribution in [-0.2, 0) is 33.2 Å². The number of esters is 1. The molecule has 2 fully saturated rings. The number of carbonyl (C=O) groups excluding carboxylic acids is 1. The summed E-state index contributed by atoms with van der Waals surface area (Å²) in [7, 11) is 0. The highest BCUT2D eigenvalue weighted by Crippen LogP contribution is 2.26. The molecule has 7 N–H and O–H groups in total. The van der Waals surface area contributed by atoms with Gasteiger partial charge in [0.1, 0.15) is 54.9 Å². The van der Waals surface area contributed by atoms with Gasteiger partial charge >= 0.3 is 5.97 Å².